The lowest BCUT2D eigenvalue weighted by Crippen LogP contribution is -2.27. The monoisotopic (exact) mass is 341 g/mol. The van der Waals surface area contributed by atoms with Crippen molar-refractivity contribution in [3.05, 3.63) is 65.3 Å². The van der Waals surface area contributed by atoms with Crippen molar-refractivity contribution in [2.75, 3.05) is 18.4 Å². The number of H-pyrrole nitrogens is 1. The maximum atomic E-state index is 11.9. The van der Waals surface area contributed by atoms with Crippen molar-refractivity contribution in [1.29, 1.82) is 0 Å². The first kappa shape index (κ1) is 16.4. The fourth-order valence-corrected chi connectivity index (χ4v) is 2.78. The van der Waals surface area contributed by atoms with Crippen molar-refractivity contribution in [3.63, 3.8) is 0 Å². The van der Waals surface area contributed by atoms with Crippen LogP contribution in [0.5, 0.6) is 0 Å². The Morgan fingerprint density at radius 2 is 1.83 bits per heavy atom. The lowest BCUT2D eigenvalue weighted by Gasteiger charge is -2.07. The van der Waals surface area contributed by atoms with Crippen LogP contribution in [-0.2, 0) is 11.2 Å². The van der Waals surface area contributed by atoms with Gasteiger partial charge in [-0.25, -0.2) is 0 Å². The molecule has 4 nitrogen and oxygen atoms in total. The van der Waals surface area contributed by atoms with E-state index in [1.165, 1.54) is 10.9 Å². The average Bonchev–Trinajstić information content (AvgIpc) is 3.00. The number of hydrogen-bond acceptors (Lipinski definition) is 2. The van der Waals surface area contributed by atoms with Gasteiger partial charge in [-0.15, -0.1) is 0 Å². The van der Waals surface area contributed by atoms with E-state index in [0.717, 1.165) is 17.6 Å². The Morgan fingerprint density at radius 1 is 1.04 bits per heavy atom. The molecule has 1 heterocycles. The molecule has 124 valence electrons. The SMILES string of the molecule is O=C(CCNc1ccc(Cl)cc1)NCCc1c[nH]c2ccccc12. The number of halogens is 1. The lowest BCUT2D eigenvalue weighted by molar-refractivity contribution is -0.120. The number of carbonyl (C=O) groups excluding carboxylic acids is 1. The van der Waals surface area contributed by atoms with Gasteiger partial charge in [0.05, 0.1) is 0 Å². The highest BCUT2D eigenvalue weighted by molar-refractivity contribution is 6.30. The molecular formula is C19H20ClN3O. The Bertz CT molecular complexity index is 811. The number of nitrogens with one attached hydrogen (secondary N) is 3. The number of hydrogen-bond donors (Lipinski definition) is 3. The Hall–Kier alpha value is -2.46. The van der Waals surface area contributed by atoms with Crippen LogP contribution in [0.2, 0.25) is 5.02 Å². The number of carbonyl (C=O) groups is 1. The van der Waals surface area contributed by atoms with Crippen LogP contribution in [0.15, 0.2) is 54.7 Å². The van der Waals surface area contributed by atoms with Gasteiger partial charge in [-0.1, -0.05) is 29.8 Å². The molecule has 0 spiro atoms. The molecule has 0 aliphatic rings. The maximum absolute atomic E-state index is 11.9. The van der Waals surface area contributed by atoms with Crippen LogP contribution in [0, 0.1) is 0 Å². The molecule has 0 bridgehead atoms. The summed E-state index contributed by atoms with van der Waals surface area (Å²) in [5, 5.41) is 8.10. The van der Waals surface area contributed by atoms with Gasteiger partial charge in [0.2, 0.25) is 5.91 Å². The third kappa shape index (κ3) is 4.30. The van der Waals surface area contributed by atoms with Gasteiger partial charge >= 0.3 is 0 Å². The Labute approximate surface area is 146 Å². The van der Waals surface area contributed by atoms with Crippen molar-refractivity contribution >= 4 is 34.1 Å². The molecule has 3 N–H and O–H groups in total. The quantitative estimate of drug-likeness (QED) is 0.608. The minimum atomic E-state index is 0.0521. The van der Waals surface area contributed by atoms with E-state index < -0.39 is 0 Å². The lowest BCUT2D eigenvalue weighted by atomic mass is 10.1. The second-order valence-electron chi connectivity index (χ2n) is 5.64. The third-order valence-electron chi connectivity index (χ3n) is 3.92. The summed E-state index contributed by atoms with van der Waals surface area (Å²) in [5.41, 5.74) is 3.32. The molecule has 0 fully saturated rings. The van der Waals surface area contributed by atoms with Crippen LogP contribution in [0.1, 0.15) is 12.0 Å². The van der Waals surface area contributed by atoms with Crippen LogP contribution < -0.4 is 10.6 Å². The van der Waals surface area contributed by atoms with Crippen molar-refractivity contribution in [3.8, 4) is 0 Å². The van der Waals surface area contributed by atoms with Crippen molar-refractivity contribution in [1.82, 2.24) is 10.3 Å². The van der Waals surface area contributed by atoms with E-state index in [9.17, 15) is 4.79 Å². The molecule has 0 saturated heterocycles. The van der Waals surface area contributed by atoms with Crippen LogP contribution in [0.3, 0.4) is 0 Å². The molecule has 1 aromatic heterocycles. The zero-order chi connectivity index (χ0) is 16.8. The molecule has 2 aromatic carbocycles. The predicted molar refractivity (Wildman–Crippen MR) is 99.6 cm³/mol. The number of para-hydroxylation sites is 1. The predicted octanol–water partition coefficient (Wildman–Crippen LogP) is 3.98. The first-order valence-electron chi connectivity index (χ1n) is 8.03. The maximum Gasteiger partial charge on any atom is 0.221 e. The summed E-state index contributed by atoms with van der Waals surface area (Å²) in [6.45, 7) is 1.24. The van der Waals surface area contributed by atoms with Crippen LogP contribution >= 0.6 is 11.6 Å². The van der Waals surface area contributed by atoms with E-state index in [1.54, 1.807) is 0 Å². The van der Waals surface area contributed by atoms with E-state index >= 15 is 0 Å². The van der Waals surface area contributed by atoms with Crippen LogP contribution in [0.25, 0.3) is 10.9 Å². The number of aromatic amines is 1. The molecule has 0 saturated carbocycles. The molecule has 0 atom stereocenters. The smallest absolute Gasteiger partial charge is 0.221 e. The summed E-state index contributed by atoms with van der Waals surface area (Å²) in [6.07, 6.45) is 3.27. The van der Waals surface area contributed by atoms with Gasteiger partial charge in [-0.3, -0.25) is 4.79 Å². The highest BCUT2D eigenvalue weighted by Gasteiger charge is 2.04. The number of fused-ring (bicyclic) bond motifs is 1. The number of benzene rings is 2. The normalized spacial score (nSPS) is 10.7. The minimum Gasteiger partial charge on any atom is -0.385 e. The van der Waals surface area contributed by atoms with Gasteiger partial charge < -0.3 is 15.6 Å². The van der Waals surface area contributed by atoms with Crippen LogP contribution in [0.4, 0.5) is 5.69 Å². The van der Waals surface area contributed by atoms with E-state index in [-0.39, 0.29) is 5.91 Å². The summed E-state index contributed by atoms with van der Waals surface area (Å²) in [5.74, 6) is 0.0521. The molecule has 0 aliphatic heterocycles. The van der Waals surface area contributed by atoms with E-state index in [0.29, 0.717) is 24.5 Å². The van der Waals surface area contributed by atoms with E-state index in [1.807, 2.05) is 42.6 Å². The standard InChI is InChI=1S/C19H20ClN3O/c20-15-5-7-16(8-6-15)21-12-10-19(24)22-11-9-14-13-23-18-4-2-1-3-17(14)18/h1-8,13,21,23H,9-12H2,(H,22,24). The van der Waals surface area contributed by atoms with Crippen molar-refractivity contribution in [2.24, 2.45) is 0 Å². The highest BCUT2D eigenvalue weighted by Crippen LogP contribution is 2.17. The zero-order valence-electron chi connectivity index (χ0n) is 13.3. The van der Waals surface area contributed by atoms with E-state index in [4.69, 9.17) is 11.6 Å². The van der Waals surface area contributed by atoms with Crippen molar-refractivity contribution in [2.45, 2.75) is 12.8 Å². The minimum absolute atomic E-state index is 0.0521. The summed E-state index contributed by atoms with van der Waals surface area (Å²) in [7, 11) is 0. The molecule has 0 radical (unpaired) electrons. The summed E-state index contributed by atoms with van der Waals surface area (Å²) in [4.78, 5) is 15.1. The third-order valence-corrected chi connectivity index (χ3v) is 4.17. The molecule has 24 heavy (non-hydrogen) atoms. The second kappa shape index (κ2) is 7.88. The van der Waals surface area contributed by atoms with Crippen LogP contribution in [-0.4, -0.2) is 24.0 Å². The van der Waals surface area contributed by atoms with Gasteiger partial charge in [0.25, 0.3) is 0 Å². The van der Waals surface area contributed by atoms with Gasteiger partial charge in [0, 0.05) is 47.3 Å². The van der Waals surface area contributed by atoms with Gasteiger partial charge in [0.15, 0.2) is 0 Å². The number of aromatic nitrogens is 1. The molecule has 5 heteroatoms. The van der Waals surface area contributed by atoms with Gasteiger partial charge in [0.1, 0.15) is 0 Å². The fourth-order valence-electron chi connectivity index (χ4n) is 2.65. The molecule has 3 rings (SSSR count). The first-order chi connectivity index (χ1) is 11.7. The molecule has 1 amide bonds. The Morgan fingerprint density at radius 3 is 2.67 bits per heavy atom. The van der Waals surface area contributed by atoms with Gasteiger partial charge in [-0.2, -0.15) is 0 Å². The first-order valence-corrected chi connectivity index (χ1v) is 8.41. The van der Waals surface area contributed by atoms with Crippen molar-refractivity contribution < 1.29 is 4.79 Å². The summed E-state index contributed by atoms with van der Waals surface area (Å²) < 4.78 is 0. The molecule has 0 aliphatic carbocycles. The Balaban J connectivity index is 1.39. The largest absolute Gasteiger partial charge is 0.385 e. The van der Waals surface area contributed by atoms with Gasteiger partial charge in [-0.05, 0) is 42.3 Å². The summed E-state index contributed by atoms with van der Waals surface area (Å²) in [6, 6.07) is 15.6. The topological polar surface area (TPSA) is 56.9 Å². The summed E-state index contributed by atoms with van der Waals surface area (Å²) >= 11 is 5.84. The average molecular weight is 342 g/mol. The second-order valence-corrected chi connectivity index (χ2v) is 6.08. The fraction of sp³-hybridized carbons (Fsp3) is 0.211. The number of amides is 1. The number of rotatable bonds is 7. The molecular weight excluding hydrogens is 322 g/mol. The molecule has 3 aromatic rings. The zero-order valence-corrected chi connectivity index (χ0v) is 14.1. The number of anilines is 1. The Kier molecular flexibility index (Phi) is 5.39. The highest BCUT2D eigenvalue weighted by atomic mass is 35.5. The molecule has 0 unspecified atom stereocenters. The van der Waals surface area contributed by atoms with E-state index in [2.05, 4.69) is 27.8 Å².